The van der Waals surface area contributed by atoms with E-state index in [0.29, 0.717) is 6.54 Å². The second kappa shape index (κ2) is 7.43. The first-order valence-corrected chi connectivity index (χ1v) is 7.32. The predicted molar refractivity (Wildman–Crippen MR) is 90.1 cm³/mol. The number of benzene rings is 2. The Morgan fingerprint density at radius 2 is 1.68 bits per heavy atom. The topological polar surface area (TPSA) is 40.5 Å². The lowest BCUT2D eigenvalue weighted by Gasteiger charge is -2.15. The van der Waals surface area contributed by atoms with Crippen LogP contribution in [0.15, 0.2) is 54.6 Å². The van der Waals surface area contributed by atoms with E-state index >= 15 is 0 Å². The maximum Gasteiger partial charge on any atom is 0.307 e. The van der Waals surface area contributed by atoms with Crippen molar-refractivity contribution in [1.29, 1.82) is 0 Å². The number of hydrogen-bond acceptors (Lipinski definition) is 2. The van der Waals surface area contributed by atoms with Crippen LogP contribution in [0.2, 0.25) is 0 Å². The van der Waals surface area contributed by atoms with Crippen molar-refractivity contribution < 1.29 is 9.90 Å². The lowest BCUT2D eigenvalue weighted by atomic mass is 10.0. The molecule has 0 aliphatic carbocycles. The van der Waals surface area contributed by atoms with Gasteiger partial charge in [-0.25, -0.2) is 0 Å². The van der Waals surface area contributed by atoms with E-state index in [4.69, 9.17) is 5.11 Å². The molecule has 0 saturated carbocycles. The summed E-state index contributed by atoms with van der Waals surface area (Å²) in [5, 5.41) is 9.03. The monoisotopic (exact) mass is 317 g/mol. The molecule has 0 radical (unpaired) electrons. The maximum absolute atomic E-state index is 11.0. The summed E-state index contributed by atoms with van der Waals surface area (Å²) < 4.78 is 0. The fraction of sp³-hybridized carbons (Fsp3) is 0.278. The molecule has 1 saturated heterocycles. The van der Waals surface area contributed by atoms with E-state index in [1.54, 1.807) is 0 Å². The Labute approximate surface area is 137 Å². The van der Waals surface area contributed by atoms with Gasteiger partial charge in [-0.05, 0) is 29.7 Å². The van der Waals surface area contributed by atoms with Crippen LogP contribution in [-0.4, -0.2) is 29.1 Å². The standard InChI is InChI=1S/C18H19NO2.ClH/c20-18(21)17-10-11-19(13-17)12-14-6-8-16(9-7-14)15-4-2-1-3-5-15;/h1-9,17H,10-13H2,(H,20,21);1H. The highest BCUT2D eigenvalue weighted by atomic mass is 35.5. The first kappa shape index (κ1) is 16.5. The van der Waals surface area contributed by atoms with E-state index in [2.05, 4.69) is 41.3 Å². The van der Waals surface area contributed by atoms with Gasteiger partial charge < -0.3 is 5.11 Å². The number of likely N-dealkylation sites (tertiary alicyclic amines) is 1. The van der Waals surface area contributed by atoms with Gasteiger partial charge in [-0.2, -0.15) is 0 Å². The van der Waals surface area contributed by atoms with Gasteiger partial charge in [-0.3, -0.25) is 9.69 Å². The molecule has 1 aliphatic rings. The number of halogens is 1. The van der Waals surface area contributed by atoms with Crippen LogP contribution in [0.5, 0.6) is 0 Å². The molecule has 1 aliphatic heterocycles. The highest BCUT2D eigenvalue weighted by Crippen LogP contribution is 2.22. The van der Waals surface area contributed by atoms with E-state index in [1.807, 2.05) is 18.2 Å². The molecule has 116 valence electrons. The number of carboxylic acids is 1. The molecular weight excluding hydrogens is 298 g/mol. The third kappa shape index (κ3) is 3.87. The number of rotatable bonds is 4. The molecule has 0 aromatic heterocycles. The van der Waals surface area contributed by atoms with Gasteiger partial charge >= 0.3 is 5.97 Å². The van der Waals surface area contributed by atoms with E-state index in [0.717, 1.165) is 19.5 Å². The molecule has 1 atom stereocenters. The van der Waals surface area contributed by atoms with Crippen LogP contribution in [0.1, 0.15) is 12.0 Å². The molecule has 1 heterocycles. The molecule has 3 nitrogen and oxygen atoms in total. The van der Waals surface area contributed by atoms with Crippen LogP contribution < -0.4 is 0 Å². The normalized spacial score (nSPS) is 17.9. The number of aliphatic carboxylic acids is 1. The molecular formula is C18H20ClNO2. The molecule has 2 aromatic carbocycles. The fourth-order valence-corrected chi connectivity index (χ4v) is 2.87. The molecule has 0 bridgehead atoms. The molecule has 0 spiro atoms. The van der Waals surface area contributed by atoms with Crippen molar-refractivity contribution >= 4 is 18.4 Å². The molecule has 22 heavy (non-hydrogen) atoms. The minimum absolute atomic E-state index is 0. The number of nitrogens with zero attached hydrogens (tertiary/aromatic N) is 1. The van der Waals surface area contributed by atoms with Gasteiger partial charge in [0.2, 0.25) is 0 Å². The second-order valence-corrected chi connectivity index (χ2v) is 5.62. The van der Waals surface area contributed by atoms with Gasteiger partial charge in [-0.1, -0.05) is 54.6 Å². The summed E-state index contributed by atoms with van der Waals surface area (Å²) in [5.41, 5.74) is 3.67. The molecule has 1 N–H and O–H groups in total. The van der Waals surface area contributed by atoms with Crippen LogP contribution in [0, 0.1) is 5.92 Å². The predicted octanol–water partition coefficient (Wildman–Crippen LogP) is 3.68. The third-order valence-corrected chi connectivity index (χ3v) is 4.09. The van der Waals surface area contributed by atoms with Gasteiger partial charge in [-0.15, -0.1) is 12.4 Å². The van der Waals surface area contributed by atoms with Crippen molar-refractivity contribution in [3.8, 4) is 11.1 Å². The van der Waals surface area contributed by atoms with Gasteiger partial charge in [0.25, 0.3) is 0 Å². The van der Waals surface area contributed by atoms with E-state index < -0.39 is 5.97 Å². The van der Waals surface area contributed by atoms with Crippen LogP contribution in [0.4, 0.5) is 0 Å². The molecule has 3 rings (SSSR count). The van der Waals surface area contributed by atoms with Gasteiger partial charge in [0.1, 0.15) is 0 Å². The Morgan fingerprint density at radius 3 is 2.27 bits per heavy atom. The molecule has 1 fully saturated rings. The summed E-state index contributed by atoms with van der Waals surface area (Å²) in [7, 11) is 0. The zero-order valence-corrected chi connectivity index (χ0v) is 13.1. The van der Waals surface area contributed by atoms with Crippen molar-refractivity contribution in [2.24, 2.45) is 5.92 Å². The summed E-state index contributed by atoms with van der Waals surface area (Å²) in [6.45, 7) is 2.37. The molecule has 2 aromatic rings. The van der Waals surface area contributed by atoms with Gasteiger partial charge in [0, 0.05) is 13.1 Å². The van der Waals surface area contributed by atoms with Crippen molar-refractivity contribution in [2.75, 3.05) is 13.1 Å². The number of carboxylic acid groups (broad SMARTS) is 1. The molecule has 4 heteroatoms. The first-order chi connectivity index (χ1) is 10.2. The average Bonchev–Trinajstić information content (AvgIpc) is 2.98. The van der Waals surface area contributed by atoms with Gasteiger partial charge in [0.15, 0.2) is 0 Å². The summed E-state index contributed by atoms with van der Waals surface area (Å²) in [6.07, 6.45) is 0.761. The highest BCUT2D eigenvalue weighted by Gasteiger charge is 2.27. The zero-order chi connectivity index (χ0) is 14.7. The van der Waals surface area contributed by atoms with Crippen molar-refractivity contribution in [2.45, 2.75) is 13.0 Å². The van der Waals surface area contributed by atoms with Crippen LogP contribution in [0.3, 0.4) is 0 Å². The maximum atomic E-state index is 11.0. The van der Waals surface area contributed by atoms with Crippen LogP contribution in [-0.2, 0) is 11.3 Å². The quantitative estimate of drug-likeness (QED) is 0.935. The lowest BCUT2D eigenvalue weighted by molar-refractivity contribution is -0.141. The van der Waals surface area contributed by atoms with Gasteiger partial charge in [0.05, 0.1) is 5.92 Å². The minimum atomic E-state index is -0.670. The summed E-state index contributed by atoms with van der Waals surface area (Å²) in [6, 6.07) is 18.8. The summed E-state index contributed by atoms with van der Waals surface area (Å²) >= 11 is 0. The number of carbonyl (C=O) groups is 1. The second-order valence-electron chi connectivity index (χ2n) is 5.62. The first-order valence-electron chi connectivity index (χ1n) is 7.32. The lowest BCUT2D eigenvalue weighted by Crippen LogP contribution is -2.22. The van der Waals surface area contributed by atoms with Crippen molar-refractivity contribution in [3.63, 3.8) is 0 Å². The smallest absolute Gasteiger partial charge is 0.307 e. The fourth-order valence-electron chi connectivity index (χ4n) is 2.87. The van der Waals surface area contributed by atoms with Crippen LogP contribution >= 0.6 is 12.4 Å². The average molecular weight is 318 g/mol. The van der Waals surface area contributed by atoms with Crippen molar-refractivity contribution in [1.82, 2.24) is 4.90 Å². The van der Waals surface area contributed by atoms with Crippen molar-refractivity contribution in [3.05, 3.63) is 60.2 Å². The Kier molecular flexibility index (Phi) is 5.58. The molecule has 0 amide bonds. The Hall–Kier alpha value is -1.84. The number of hydrogen-bond donors (Lipinski definition) is 1. The third-order valence-electron chi connectivity index (χ3n) is 4.09. The Bertz CT molecular complexity index is 613. The van der Waals surface area contributed by atoms with Crippen LogP contribution in [0.25, 0.3) is 11.1 Å². The van der Waals surface area contributed by atoms with E-state index in [1.165, 1.54) is 16.7 Å². The summed E-state index contributed by atoms with van der Waals surface area (Å²) in [5.74, 6) is -0.870. The minimum Gasteiger partial charge on any atom is -0.481 e. The zero-order valence-electron chi connectivity index (χ0n) is 12.3. The summed E-state index contributed by atoms with van der Waals surface area (Å²) in [4.78, 5) is 13.2. The highest BCUT2D eigenvalue weighted by molar-refractivity contribution is 5.85. The van der Waals surface area contributed by atoms with E-state index in [-0.39, 0.29) is 18.3 Å². The van der Waals surface area contributed by atoms with E-state index in [9.17, 15) is 4.79 Å². The Morgan fingerprint density at radius 1 is 1.05 bits per heavy atom. The SMILES string of the molecule is Cl.O=C(O)C1CCN(Cc2ccc(-c3ccccc3)cc2)C1. The molecule has 1 unspecified atom stereocenters. The largest absolute Gasteiger partial charge is 0.481 e. The Balaban J connectivity index is 0.00000176.